The standard InChI is InChI=1S/C20H17Cl2NO2/c1-20(2,3)13-6-4-12(5-7-13)10-17-19(24)25-18(23-17)15-11-14(21)8-9-16(15)22/h4-11H,1-3H3. The van der Waals surface area contributed by atoms with E-state index in [9.17, 15) is 4.79 Å². The Balaban J connectivity index is 1.92. The van der Waals surface area contributed by atoms with Gasteiger partial charge in [-0.3, -0.25) is 0 Å². The topological polar surface area (TPSA) is 38.7 Å². The zero-order valence-corrected chi connectivity index (χ0v) is 15.7. The van der Waals surface area contributed by atoms with Gasteiger partial charge < -0.3 is 4.74 Å². The van der Waals surface area contributed by atoms with Crippen molar-refractivity contribution in [3.05, 3.63) is 74.9 Å². The molecule has 0 N–H and O–H groups in total. The van der Waals surface area contributed by atoms with Gasteiger partial charge in [-0.15, -0.1) is 0 Å². The van der Waals surface area contributed by atoms with Gasteiger partial charge in [0, 0.05) is 5.02 Å². The van der Waals surface area contributed by atoms with E-state index in [1.165, 1.54) is 5.56 Å². The van der Waals surface area contributed by atoms with Crippen molar-refractivity contribution in [1.82, 2.24) is 0 Å². The molecule has 0 bridgehead atoms. The number of nitrogens with zero attached hydrogens (tertiary/aromatic N) is 1. The van der Waals surface area contributed by atoms with Crippen molar-refractivity contribution < 1.29 is 9.53 Å². The van der Waals surface area contributed by atoms with Crippen LogP contribution in [0.1, 0.15) is 37.5 Å². The van der Waals surface area contributed by atoms with Crippen molar-refractivity contribution in [2.75, 3.05) is 0 Å². The van der Waals surface area contributed by atoms with Gasteiger partial charge in [0.15, 0.2) is 5.70 Å². The van der Waals surface area contributed by atoms with Gasteiger partial charge in [0.25, 0.3) is 0 Å². The van der Waals surface area contributed by atoms with Crippen LogP contribution in [0.4, 0.5) is 0 Å². The van der Waals surface area contributed by atoms with Crippen LogP contribution in [0.25, 0.3) is 6.08 Å². The second-order valence-corrected chi connectivity index (χ2v) is 7.68. The Labute approximate surface area is 156 Å². The Morgan fingerprint density at radius 1 is 1.04 bits per heavy atom. The molecule has 0 aliphatic carbocycles. The number of esters is 1. The number of halogens is 2. The number of benzene rings is 2. The molecular weight excluding hydrogens is 357 g/mol. The molecule has 0 saturated heterocycles. The van der Waals surface area contributed by atoms with E-state index in [0.29, 0.717) is 15.6 Å². The molecule has 128 valence electrons. The van der Waals surface area contributed by atoms with Crippen LogP contribution in [0.2, 0.25) is 10.0 Å². The summed E-state index contributed by atoms with van der Waals surface area (Å²) in [4.78, 5) is 16.4. The molecule has 0 aromatic heterocycles. The Morgan fingerprint density at radius 3 is 2.36 bits per heavy atom. The van der Waals surface area contributed by atoms with E-state index in [1.807, 2.05) is 24.3 Å². The van der Waals surface area contributed by atoms with Crippen molar-refractivity contribution in [2.45, 2.75) is 26.2 Å². The average molecular weight is 374 g/mol. The van der Waals surface area contributed by atoms with E-state index in [1.54, 1.807) is 24.3 Å². The van der Waals surface area contributed by atoms with Crippen LogP contribution < -0.4 is 0 Å². The summed E-state index contributed by atoms with van der Waals surface area (Å²) < 4.78 is 5.25. The lowest BCUT2D eigenvalue weighted by Gasteiger charge is -2.18. The molecule has 2 aromatic carbocycles. The van der Waals surface area contributed by atoms with Crippen LogP contribution in [0.3, 0.4) is 0 Å². The second-order valence-electron chi connectivity index (χ2n) is 6.83. The lowest BCUT2D eigenvalue weighted by molar-refractivity contribution is -0.129. The van der Waals surface area contributed by atoms with Crippen LogP contribution in [-0.4, -0.2) is 11.9 Å². The summed E-state index contributed by atoms with van der Waals surface area (Å²) in [6.07, 6.45) is 1.69. The number of aliphatic imine (C=N–C) groups is 1. The first-order valence-corrected chi connectivity index (χ1v) is 8.58. The third-order valence-electron chi connectivity index (χ3n) is 3.86. The summed E-state index contributed by atoms with van der Waals surface area (Å²) in [5.41, 5.74) is 2.90. The summed E-state index contributed by atoms with van der Waals surface area (Å²) >= 11 is 12.1. The third-order valence-corrected chi connectivity index (χ3v) is 4.42. The fraction of sp³-hybridized carbons (Fsp3) is 0.200. The molecule has 1 aliphatic heterocycles. The number of cyclic esters (lactones) is 1. The Bertz CT molecular complexity index is 891. The highest BCUT2D eigenvalue weighted by molar-refractivity contribution is 6.36. The lowest BCUT2D eigenvalue weighted by Crippen LogP contribution is -2.10. The first-order chi connectivity index (χ1) is 11.7. The summed E-state index contributed by atoms with van der Waals surface area (Å²) in [6.45, 7) is 6.46. The second kappa shape index (κ2) is 6.66. The quantitative estimate of drug-likeness (QED) is 0.504. The number of ether oxygens (including phenoxy) is 1. The van der Waals surface area contributed by atoms with E-state index < -0.39 is 5.97 Å². The van der Waals surface area contributed by atoms with Crippen LogP contribution in [0, 0.1) is 0 Å². The van der Waals surface area contributed by atoms with Gasteiger partial charge in [-0.05, 0) is 40.8 Å². The minimum Gasteiger partial charge on any atom is -0.402 e. The van der Waals surface area contributed by atoms with Crippen molar-refractivity contribution >= 4 is 41.1 Å². The van der Waals surface area contributed by atoms with Crippen molar-refractivity contribution in [3.8, 4) is 0 Å². The van der Waals surface area contributed by atoms with Crippen LogP contribution in [0.15, 0.2) is 53.2 Å². The predicted octanol–water partition coefficient (Wildman–Crippen LogP) is 5.64. The smallest absolute Gasteiger partial charge is 0.363 e. The molecule has 5 heteroatoms. The SMILES string of the molecule is CC(C)(C)c1ccc(C=C2N=C(c3cc(Cl)ccc3Cl)OC2=O)cc1. The van der Waals surface area contributed by atoms with Crippen molar-refractivity contribution in [1.29, 1.82) is 0 Å². The number of carbonyl (C=O) groups excluding carboxylic acids is 1. The van der Waals surface area contributed by atoms with Crippen LogP contribution in [-0.2, 0) is 14.9 Å². The summed E-state index contributed by atoms with van der Waals surface area (Å²) in [5.74, 6) is -0.346. The van der Waals surface area contributed by atoms with E-state index in [0.717, 1.165) is 5.56 Å². The maximum Gasteiger partial charge on any atom is 0.363 e. The largest absolute Gasteiger partial charge is 0.402 e. The highest BCUT2D eigenvalue weighted by Crippen LogP contribution is 2.27. The molecule has 3 nitrogen and oxygen atoms in total. The maximum atomic E-state index is 12.1. The van der Waals surface area contributed by atoms with Gasteiger partial charge in [0.05, 0.1) is 10.6 Å². The number of rotatable bonds is 2. The number of hydrogen-bond donors (Lipinski definition) is 0. The predicted molar refractivity (Wildman–Crippen MR) is 102 cm³/mol. The molecule has 25 heavy (non-hydrogen) atoms. The van der Waals surface area contributed by atoms with E-state index in [-0.39, 0.29) is 17.0 Å². The van der Waals surface area contributed by atoms with Gasteiger partial charge in [0.1, 0.15) is 0 Å². The molecule has 3 rings (SSSR count). The zero-order chi connectivity index (χ0) is 18.2. The normalized spacial score (nSPS) is 16.1. The minimum atomic E-state index is -0.508. The van der Waals surface area contributed by atoms with E-state index in [4.69, 9.17) is 27.9 Å². The zero-order valence-electron chi connectivity index (χ0n) is 14.1. The summed E-state index contributed by atoms with van der Waals surface area (Å²) in [7, 11) is 0. The highest BCUT2D eigenvalue weighted by Gasteiger charge is 2.26. The Kier molecular flexibility index (Phi) is 4.72. The molecule has 0 unspecified atom stereocenters. The first-order valence-electron chi connectivity index (χ1n) is 7.82. The van der Waals surface area contributed by atoms with Gasteiger partial charge in [-0.1, -0.05) is 68.2 Å². The fourth-order valence-electron chi connectivity index (χ4n) is 2.42. The molecule has 0 radical (unpaired) electrons. The molecule has 1 aliphatic rings. The fourth-order valence-corrected chi connectivity index (χ4v) is 2.79. The maximum absolute atomic E-state index is 12.1. The lowest BCUT2D eigenvalue weighted by atomic mass is 9.87. The first kappa shape index (κ1) is 17.7. The van der Waals surface area contributed by atoms with Gasteiger partial charge in [0.2, 0.25) is 5.90 Å². The molecule has 0 saturated carbocycles. The Hall–Kier alpha value is -2.10. The molecule has 0 amide bonds. The van der Waals surface area contributed by atoms with Crippen molar-refractivity contribution in [3.63, 3.8) is 0 Å². The van der Waals surface area contributed by atoms with Gasteiger partial charge in [-0.25, -0.2) is 9.79 Å². The Morgan fingerprint density at radius 2 is 1.72 bits per heavy atom. The molecular formula is C20H17Cl2NO2. The molecule has 1 heterocycles. The van der Waals surface area contributed by atoms with Crippen LogP contribution in [0.5, 0.6) is 0 Å². The van der Waals surface area contributed by atoms with Crippen molar-refractivity contribution in [2.24, 2.45) is 4.99 Å². The summed E-state index contributed by atoms with van der Waals surface area (Å²) in [6, 6.07) is 12.9. The van der Waals surface area contributed by atoms with Gasteiger partial charge >= 0.3 is 5.97 Å². The van der Waals surface area contributed by atoms with E-state index in [2.05, 4.69) is 25.8 Å². The monoisotopic (exact) mass is 373 g/mol. The molecule has 2 aromatic rings. The van der Waals surface area contributed by atoms with E-state index >= 15 is 0 Å². The molecule has 0 atom stereocenters. The highest BCUT2D eigenvalue weighted by atomic mass is 35.5. The minimum absolute atomic E-state index is 0.0760. The molecule has 0 fully saturated rings. The van der Waals surface area contributed by atoms with Crippen LogP contribution >= 0.6 is 23.2 Å². The summed E-state index contributed by atoms with van der Waals surface area (Å²) in [5, 5.41) is 0.917. The number of hydrogen-bond acceptors (Lipinski definition) is 3. The average Bonchev–Trinajstić information content (AvgIpc) is 2.90. The molecule has 0 spiro atoms. The number of carbonyl (C=O) groups is 1. The van der Waals surface area contributed by atoms with Gasteiger partial charge in [-0.2, -0.15) is 0 Å². The third kappa shape index (κ3) is 3.94.